The maximum Gasteiger partial charge on any atom is 1.00 e. The zero-order valence-corrected chi connectivity index (χ0v) is 6.86. The van der Waals surface area contributed by atoms with E-state index in [9.17, 15) is 0 Å². The molecule has 0 saturated heterocycles. The monoisotopic (exact) mass is 91.1 g/mol. The van der Waals surface area contributed by atoms with Gasteiger partial charge in [-0.25, -0.2) is 0 Å². The maximum atomic E-state index is 2.12. The second kappa shape index (κ2) is 16.6. The third kappa shape index (κ3) is 19.6. The van der Waals surface area contributed by atoms with Gasteiger partial charge >= 0.3 is 29.6 Å². The van der Waals surface area contributed by atoms with Crippen LogP contribution in [0.5, 0.6) is 0 Å². The summed E-state index contributed by atoms with van der Waals surface area (Å²) >= 11 is 0. The maximum absolute atomic E-state index is 2.12. The first kappa shape index (κ1) is 15.7. The van der Waals surface area contributed by atoms with Crippen LogP contribution in [-0.4, -0.2) is 8.41 Å². The average molecular weight is 90.9 g/mol. The molecular weight excluding hydrogens is 81.8 g/mol. The molecule has 0 aromatic rings. The van der Waals surface area contributed by atoms with Crippen molar-refractivity contribution in [2.75, 3.05) is 0 Å². The minimum absolute atomic E-state index is 0. The van der Waals surface area contributed by atoms with E-state index in [4.69, 9.17) is 0 Å². The van der Waals surface area contributed by atoms with Crippen LogP contribution in [-0.2, 0) is 0 Å². The summed E-state index contributed by atoms with van der Waals surface area (Å²) in [6.07, 6.45) is 3.32. The van der Waals surface area contributed by atoms with E-state index in [1.54, 1.807) is 0 Å². The molecule has 0 unspecified atom stereocenters. The summed E-state index contributed by atoms with van der Waals surface area (Å²) in [4.78, 5) is 0. The largest absolute Gasteiger partial charge is 1.00 e. The van der Waals surface area contributed by atoms with Gasteiger partial charge in [0.05, 0.1) is 0 Å². The topological polar surface area (TPSA) is 0 Å². The Bertz CT molecular complexity index is 9.51. The van der Waals surface area contributed by atoms with E-state index in [2.05, 4.69) is 20.3 Å². The Balaban J connectivity index is -0.0000000450. The van der Waals surface area contributed by atoms with Crippen molar-refractivity contribution < 1.29 is 29.6 Å². The molecule has 0 aliphatic carbocycles. The molecule has 0 aromatic carbocycles. The zero-order chi connectivity index (χ0) is 3.41. The van der Waals surface area contributed by atoms with Gasteiger partial charge in [-0.05, 0) is 0 Å². The number of unbranched alkanes of at least 4 members (excludes halogenated alkanes) is 1. The summed E-state index contributed by atoms with van der Waals surface area (Å²) in [5, 5.41) is 0. The van der Waals surface area contributed by atoms with Crippen LogP contribution in [0.1, 0.15) is 20.3 Å². The van der Waals surface area contributed by atoms with Crippen molar-refractivity contribution in [2.24, 2.45) is 0 Å². The van der Waals surface area contributed by atoms with E-state index < -0.39 is 0 Å². The molecule has 0 spiro atoms. The molecule has 0 aliphatic rings. The molecule has 0 rings (SSSR count). The predicted molar refractivity (Wildman–Crippen MR) is 26.0 cm³/mol. The summed E-state index contributed by atoms with van der Waals surface area (Å²) < 4.78 is 0. The van der Waals surface area contributed by atoms with Crippen molar-refractivity contribution in [1.82, 2.24) is 0 Å². The fourth-order valence-corrected chi connectivity index (χ4v) is 0. The quantitative estimate of drug-likeness (QED) is 0.265. The summed E-state index contributed by atoms with van der Waals surface area (Å²) in [6, 6.07) is 0. The van der Waals surface area contributed by atoms with Crippen molar-refractivity contribution >= 4 is 8.41 Å². The van der Waals surface area contributed by atoms with Gasteiger partial charge in [0, 0.05) is 8.41 Å². The molecule has 0 heterocycles. The minimum Gasteiger partial charge on any atom is -0.332 e. The third-order valence-electron chi connectivity index (χ3n) is 0.408. The average Bonchev–Trinajstić information content (AvgIpc) is 1.37. The molecule has 0 fully saturated rings. The molecule has 6 heavy (non-hydrogen) atoms. The third-order valence-corrected chi connectivity index (χ3v) is 0.408. The number of rotatable bonds is 1. The van der Waals surface area contributed by atoms with Gasteiger partial charge in [-0.2, -0.15) is 13.3 Å². The molecule has 29 valence electrons. The van der Waals surface area contributed by atoms with Crippen molar-refractivity contribution in [3.63, 3.8) is 0 Å². The van der Waals surface area contributed by atoms with Gasteiger partial charge in [0.1, 0.15) is 0 Å². The van der Waals surface area contributed by atoms with Gasteiger partial charge in [-0.15, -0.1) is 0 Å². The number of hydrogen-bond acceptors (Lipinski definition) is 0. The fourth-order valence-electron chi connectivity index (χ4n) is 0. The van der Waals surface area contributed by atoms with E-state index >= 15 is 0 Å². The van der Waals surface area contributed by atoms with E-state index in [0.29, 0.717) is 0 Å². The summed E-state index contributed by atoms with van der Waals surface area (Å²) in [7, 11) is 0. The van der Waals surface area contributed by atoms with Crippen LogP contribution in [0.25, 0.3) is 0 Å². The SMILES string of the molecule is C[CH-]CC.[B].[Na+]. The predicted octanol–water partition coefficient (Wildman–Crippen LogP) is -1.76. The first-order valence-electron chi connectivity index (χ1n) is 1.69. The Morgan fingerprint density at radius 3 is 1.67 bits per heavy atom. The molecule has 0 bridgehead atoms. The number of hydrogen-bond donors (Lipinski definition) is 0. The van der Waals surface area contributed by atoms with E-state index in [0.717, 1.165) is 0 Å². The van der Waals surface area contributed by atoms with E-state index in [-0.39, 0.29) is 38.0 Å². The van der Waals surface area contributed by atoms with Gasteiger partial charge in [-0.3, -0.25) is 0 Å². The van der Waals surface area contributed by atoms with E-state index in [1.807, 2.05) is 0 Å². The smallest absolute Gasteiger partial charge is 0.332 e. The summed E-state index contributed by atoms with van der Waals surface area (Å²) in [6.45, 7) is 4.18. The molecule has 0 nitrogen and oxygen atoms in total. The van der Waals surface area contributed by atoms with Crippen molar-refractivity contribution in [3.8, 4) is 0 Å². The molecule has 2 heteroatoms. The first-order valence-corrected chi connectivity index (χ1v) is 1.69. The van der Waals surface area contributed by atoms with Gasteiger partial charge in [0.25, 0.3) is 0 Å². The molecule has 3 radical (unpaired) electrons. The Hall–Kier alpha value is 1.06. The molecule has 0 atom stereocenters. The molecule has 0 N–H and O–H groups in total. The normalized spacial score (nSPS) is 5.00. The Kier molecular flexibility index (Phi) is 43.4. The molecular formula is C4H9BNa. The van der Waals surface area contributed by atoms with Gasteiger partial charge in [-0.1, -0.05) is 6.92 Å². The van der Waals surface area contributed by atoms with Crippen LogP contribution in [0.15, 0.2) is 0 Å². The Morgan fingerprint density at radius 2 is 1.67 bits per heavy atom. The Labute approximate surface area is 64.6 Å². The molecule has 0 saturated carbocycles. The summed E-state index contributed by atoms with van der Waals surface area (Å²) in [5.74, 6) is 0. The zero-order valence-electron chi connectivity index (χ0n) is 4.86. The van der Waals surface area contributed by atoms with Crippen LogP contribution < -0.4 is 29.6 Å². The molecule has 0 amide bonds. The fraction of sp³-hybridized carbons (Fsp3) is 0.750. The molecule has 0 aliphatic heterocycles. The van der Waals surface area contributed by atoms with Gasteiger partial charge in [0.2, 0.25) is 0 Å². The van der Waals surface area contributed by atoms with Gasteiger partial charge < -0.3 is 6.42 Å². The standard InChI is InChI=1S/C4H9.B.Na/c1-3-4-2;;/h3H,4H2,1-2H3;;/q-1;;+1. The minimum atomic E-state index is 0. The van der Waals surface area contributed by atoms with Crippen LogP contribution in [0.2, 0.25) is 0 Å². The first-order chi connectivity index (χ1) is 1.91. The van der Waals surface area contributed by atoms with Crippen molar-refractivity contribution in [2.45, 2.75) is 20.3 Å². The Morgan fingerprint density at radius 1 is 1.50 bits per heavy atom. The second-order valence-corrected chi connectivity index (χ2v) is 0.816. The van der Waals surface area contributed by atoms with Crippen molar-refractivity contribution in [3.05, 3.63) is 6.42 Å². The van der Waals surface area contributed by atoms with Crippen LogP contribution in [0, 0.1) is 6.42 Å². The van der Waals surface area contributed by atoms with Crippen LogP contribution in [0.4, 0.5) is 0 Å². The van der Waals surface area contributed by atoms with Gasteiger partial charge in [0.15, 0.2) is 0 Å². The second-order valence-electron chi connectivity index (χ2n) is 0.816. The van der Waals surface area contributed by atoms with E-state index in [1.165, 1.54) is 6.42 Å². The van der Waals surface area contributed by atoms with Crippen LogP contribution in [0.3, 0.4) is 0 Å². The van der Waals surface area contributed by atoms with Crippen LogP contribution >= 0.6 is 0 Å². The summed E-state index contributed by atoms with van der Waals surface area (Å²) in [5.41, 5.74) is 0. The molecule has 0 aromatic heterocycles. The van der Waals surface area contributed by atoms with Crippen molar-refractivity contribution in [1.29, 1.82) is 0 Å².